The predicted octanol–water partition coefficient (Wildman–Crippen LogP) is 1.41. The molecule has 0 heterocycles. The SMILES string of the molecule is CC[C@H](C)[C@@H](C)O. The van der Waals surface area contributed by atoms with Crippen molar-refractivity contribution >= 4 is 0 Å². The van der Waals surface area contributed by atoms with E-state index in [4.69, 9.17) is 5.11 Å². The Morgan fingerprint density at radius 1 is 1.43 bits per heavy atom. The van der Waals surface area contributed by atoms with Gasteiger partial charge in [-0.3, -0.25) is 0 Å². The van der Waals surface area contributed by atoms with E-state index in [1.165, 1.54) is 0 Å². The number of hydrogen-bond acceptors (Lipinski definition) is 1. The van der Waals surface area contributed by atoms with Crippen molar-refractivity contribution in [1.82, 2.24) is 0 Å². The van der Waals surface area contributed by atoms with Gasteiger partial charge in [0.1, 0.15) is 0 Å². The van der Waals surface area contributed by atoms with Crippen LogP contribution in [0.1, 0.15) is 27.2 Å². The van der Waals surface area contributed by atoms with Crippen LogP contribution in [0.3, 0.4) is 0 Å². The second kappa shape index (κ2) is 3.03. The Balaban J connectivity index is 3.14. The van der Waals surface area contributed by atoms with E-state index >= 15 is 0 Å². The Labute approximate surface area is 45.4 Å². The van der Waals surface area contributed by atoms with Gasteiger partial charge in [-0.15, -0.1) is 0 Å². The zero-order chi connectivity index (χ0) is 5.86. The smallest absolute Gasteiger partial charge is 0.0537 e. The Morgan fingerprint density at radius 2 is 1.86 bits per heavy atom. The summed E-state index contributed by atoms with van der Waals surface area (Å²) < 4.78 is 0. The highest BCUT2D eigenvalue weighted by molar-refractivity contribution is 4.54. The number of rotatable bonds is 2. The highest BCUT2D eigenvalue weighted by Crippen LogP contribution is 2.04. The largest absolute Gasteiger partial charge is 0.393 e. The summed E-state index contributed by atoms with van der Waals surface area (Å²) in [6, 6.07) is 0. The zero-order valence-electron chi connectivity index (χ0n) is 5.31. The van der Waals surface area contributed by atoms with Gasteiger partial charge in [-0.25, -0.2) is 0 Å². The molecule has 0 aliphatic heterocycles. The highest BCUT2D eigenvalue weighted by atomic mass is 16.3. The molecule has 0 spiro atoms. The first-order valence-corrected chi connectivity index (χ1v) is 2.86. The van der Waals surface area contributed by atoms with Crippen molar-refractivity contribution in [3.8, 4) is 0 Å². The molecule has 1 N–H and O–H groups in total. The fraction of sp³-hybridized carbons (Fsp3) is 1.00. The molecule has 0 fully saturated rings. The van der Waals surface area contributed by atoms with E-state index < -0.39 is 0 Å². The Hall–Kier alpha value is -0.0400. The predicted molar refractivity (Wildman–Crippen MR) is 31.1 cm³/mol. The van der Waals surface area contributed by atoms with Crippen LogP contribution in [0, 0.1) is 5.92 Å². The van der Waals surface area contributed by atoms with Gasteiger partial charge in [0, 0.05) is 0 Å². The molecule has 0 radical (unpaired) electrons. The lowest BCUT2D eigenvalue weighted by Crippen LogP contribution is -2.10. The lowest BCUT2D eigenvalue weighted by atomic mass is 10.0. The molecular formula is C6H14O. The van der Waals surface area contributed by atoms with E-state index in [0.29, 0.717) is 5.92 Å². The normalized spacial score (nSPS) is 18.9. The summed E-state index contributed by atoms with van der Waals surface area (Å²) in [6.07, 6.45) is 0.933. The molecule has 0 aromatic heterocycles. The van der Waals surface area contributed by atoms with Gasteiger partial charge in [-0.05, 0) is 12.8 Å². The molecule has 2 atom stereocenters. The van der Waals surface area contributed by atoms with Crippen LogP contribution in [0.15, 0.2) is 0 Å². The molecule has 0 amide bonds. The number of hydrogen-bond donors (Lipinski definition) is 1. The van der Waals surface area contributed by atoms with Gasteiger partial charge in [-0.2, -0.15) is 0 Å². The van der Waals surface area contributed by atoms with Crippen LogP contribution in [0.25, 0.3) is 0 Å². The molecule has 0 aliphatic rings. The maximum atomic E-state index is 8.82. The molecule has 0 unspecified atom stereocenters. The summed E-state index contributed by atoms with van der Waals surface area (Å²) in [6.45, 7) is 5.95. The average molecular weight is 102 g/mol. The van der Waals surface area contributed by atoms with E-state index in [-0.39, 0.29) is 6.10 Å². The maximum Gasteiger partial charge on any atom is 0.0537 e. The first-order chi connectivity index (χ1) is 3.18. The molecule has 0 saturated carbocycles. The van der Waals surface area contributed by atoms with Crippen molar-refractivity contribution in [1.29, 1.82) is 0 Å². The standard InChI is InChI=1S/C6H14O/c1-4-5(2)6(3)7/h5-7H,4H2,1-3H3/t5-,6+/m0/s1. The van der Waals surface area contributed by atoms with Gasteiger partial charge < -0.3 is 5.11 Å². The van der Waals surface area contributed by atoms with Crippen LogP contribution in [-0.4, -0.2) is 11.2 Å². The second-order valence-corrected chi connectivity index (χ2v) is 2.13. The van der Waals surface area contributed by atoms with Crippen LogP contribution in [0.4, 0.5) is 0 Å². The van der Waals surface area contributed by atoms with Crippen LogP contribution in [-0.2, 0) is 0 Å². The van der Waals surface area contributed by atoms with Crippen molar-refractivity contribution in [3.05, 3.63) is 0 Å². The van der Waals surface area contributed by atoms with Crippen LogP contribution in [0.2, 0.25) is 0 Å². The molecule has 0 rings (SSSR count). The molecule has 0 aromatic carbocycles. The Kier molecular flexibility index (Phi) is 3.01. The summed E-state index contributed by atoms with van der Waals surface area (Å²) in [5.41, 5.74) is 0. The summed E-state index contributed by atoms with van der Waals surface area (Å²) in [5, 5.41) is 8.82. The highest BCUT2D eigenvalue weighted by Gasteiger charge is 2.03. The minimum atomic E-state index is -0.134. The van der Waals surface area contributed by atoms with E-state index in [1.807, 2.05) is 13.8 Å². The first-order valence-electron chi connectivity index (χ1n) is 2.86. The monoisotopic (exact) mass is 102 g/mol. The van der Waals surface area contributed by atoms with Crippen LogP contribution >= 0.6 is 0 Å². The molecular weight excluding hydrogens is 88.1 g/mol. The summed E-state index contributed by atoms with van der Waals surface area (Å²) in [5.74, 6) is 0.458. The minimum absolute atomic E-state index is 0.134. The molecule has 44 valence electrons. The molecule has 0 bridgehead atoms. The fourth-order valence-corrected chi connectivity index (χ4v) is 0.341. The first kappa shape index (κ1) is 6.96. The van der Waals surface area contributed by atoms with Crippen molar-refractivity contribution < 1.29 is 5.11 Å². The lowest BCUT2D eigenvalue weighted by Gasteiger charge is -2.09. The second-order valence-electron chi connectivity index (χ2n) is 2.13. The van der Waals surface area contributed by atoms with E-state index in [1.54, 1.807) is 0 Å². The molecule has 0 aromatic rings. The third-order valence-electron chi connectivity index (χ3n) is 1.47. The molecule has 7 heavy (non-hydrogen) atoms. The van der Waals surface area contributed by atoms with E-state index in [2.05, 4.69) is 6.92 Å². The van der Waals surface area contributed by atoms with Crippen LogP contribution < -0.4 is 0 Å². The van der Waals surface area contributed by atoms with Gasteiger partial charge in [-0.1, -0.05) is 20.3 Å². The van der Waals surface area contributed by atoms with E-state index in [0.717, 1.165) is 6.42 Å². The average Bonchev–Trinajstić information content (AvgIpc) is 1.65. The van der Waals surface area contributed by atoms with Crippen molar-refractivity contribution in [2.75, 3.05) is 0 Å². The van der Waals surface area contributed by atoms with Gasteiger partial charge in [0.25, 0.3) is 0 Å². The van der Waals surface area contributed by atoms with Crippen molar-refractivity contribution in [3.63, 3.8) is 0 Å². The third kappa shape index (κ3) is 2.63. The van der Waals surface area contributed by atoms with Gasteiger partial charge in [0.05, 0.1) is 6.10 Å². The Bertz CT molecular complexity index is 41.4. The molecule has 0 saturated heterocycles. The fourth-order valence-electron chi connectivity index (χ4n) is 0.341. The molecule has 1 heteroatoms. The lowest BCUT2D eigenvalue weighted by molar-refractivity contribution is 0.133. The van der Waals surface area contributed by atoms with Crippen molar-refractivity contribution in [2.24, 2.45) is 5.92 Å². The zero-order valence-corrected chi connectivity index (χ0v) is 5.31. The van der Waals surface area contributed by atoms with Gasteiger partial charge >= 0.3 is 0 Å². The third-order valence-corrected chi connectivity index (χ3v) is 1.47. The molecule has 0 aliphatic carbocycles. The summed E-state index contributed by atoms with van der Waals surface area (Å²) >= 11 is 0. The summed E-state index contributed by atoms with van der Waals surface area (Å²) in [7, 11) is 0. The Morgan fingerprint density at radius 3 is 1.86 bits per heavy atom. The number of aliphatic hydroxyl groups excluding tert-OH is 1. The van der Waals surface area contributed by atoms with Gasteiger partial charge in [0.15, 0.2) is 0 Å². The van der Waals surface area contributed by atoms with Gasteiger partial charge in [0.2, 0.25) is 0 Å². The van der Waals surface area contributed by atoms with Crippen molar-refractivity contribution in [2.45, 2.75) is 33.3 Å². The molecule has 1 nitrogen and oxygen atoms in total. The quantitative estimate of drug-likeness (QED) is 0.559. The topological polar surface area (TPSA) is 20.2 Å². The maximum absolute atomic E-state index is 8.82. The minimum Gasteiger partial charge on any atom is -0.393 e. The summed E-state index contributed by atoms with van der Waals surface area (Å²) in [4.78, 5) is 0. The number of aliphatic hydroxyl groups is 1. The van der Waals surface area contributed by atoms with Crippen LogP contribution in [0.5, 0.6) is 0 Å². The van der Waals surface area contributed by atoms with E-state index in [9.17, 15) is 0 Å².